The summed E-state index contributed by atoms with van der Waals surface area (Å²) >= 11 is 1.72. The highest BCUT2D eigenvalue weighted by atomic mass is 32.2. The minimum Gasteiger partial charge on any atom is -0.384 e. The van der Waals surface area contributed by atoms with Crippen LogP contribution in [-0.2, 0) is 0 Å². The smallest absolute Gasteiger partial charge is 0.252 e. The first-order valence-corrected chi connectivity index (χ1v) is 7.67. The van der Waals surface area contributed by atoms with Crippen LogP contribution in [0.3, 0.4) is 0 Å². The molecule has 0 fully saturated rings. The van der Waals surface area contributed by atoms with Crippen LogP contribution < -0.4 is 5.32 Å². The molecule has 0 aromatic heterocycles. The molecule has 0 aliphatic rings. The topological polar surface area (TPSA) is 49.3 Å². The van der Waals surface area contributed by atoms with Gasteiger partial charge in [0.05, 0.1) is 5.56 Å². The number of hydrogen-bond donors (Lipinski definition) is 2. The molecule has 108 valence electrons. The molecule has 1 aromatic rings. The summed E-state index contributed by atoms with van der Waals surface area (Å²) in [5.41, 5.74) is 0.608. The van der Waals surface area contributed by atoms with Gasteiger partial charge in [0.2, 0.25) is 0 Å². The van der Waals surface area contributed by atoms with E-state index in [4.69, 9.17) is 5.11 Å². The molecule has 20 heavy (non-hydrogen) atoms. The molecule has 0 bridgehead atoms. The van der Waals surface area contributed by atoms with Crippen molar-refractivity contribution in [3.05, 3.63) is 35.1 Å². The lowest BCUT2D eigenvalue weighted by Gasteiger charge is -2.14. The number of carbonyl (C=O) groups excluding carboxylic acids is 1. The molecular formula is C15H18FNO2S. The number of aliphatic hydroxyl groups is 1. The number of aliphatic hydroxyl groups excluding tert-OH is 1. The Morgan fingerprint density at radius 1 is 1.55 bits per heavy atom. The molecule has 0 heterocycles. The fourth-order valence-electron chi connectivity index (χ4n) is 1.62. The predicted octanol–water partition coefficient (Wildman–Crippen LogP) is 2.04. The third-order valence-corrected chi connectivity index (χ3v) is 3.30. The first-order chi connectivity index (χ1) is 9.58. The Labute approximate surface area is 123 Å². The molecule has 3 nitrogen and oxygen atoms in total. The van der Waals surface area contributed by atoms with E-state index in [0.29, 0.717) is 5.56 Å². The van der Waals surface area contributed by atoms with Gasteiger partial charge < -0.3 is 10.4 Å². The van der Waals surface area contributed by atoms with Gasteiger partial charge in [0, 0.05) is 11.6 Å². The first kappa shape index (κ1) is 16.5. The SMILES string of the molecule is CSCCC(C)NC(=O)c1ccc(F)cc1C#CCO. The summed E-state index contributed by atoms with van der Waals surface area (Å²) in [6, 6.07) is 3.88. The molecule has 1 aromatic carbocycles. The number of carbonyl (C=O) groups is 1. The van der Waals surface area contributed by atoms with Crippen LogP contribution >= 0.6 is 11.8 Å². The predicted molar refractivity (Wildman–Crippen MR) is 80.3 cm³/mol. The fourth-order valence-corrected chi connectivity index (χ4v) is 2.21. The zero-order valence-electron chi connectivity index (χ0n) is 11.6. The third-order valence-electron chi connectivity index (χ3n) is 2.66. The van der Waals surface area contributed by atoms with Crippen LogP contribution in [0.5, 0.6) is 0 Å². The summed E-state index contributed by atoms with van der Waals surface area (Å²) in [4.78, 5) is 12.1. The van der Waals surface area contributed by atoms with Gasteiger partial charge in [-0.1, -0.05) is 11.8 Å². The first-order valence-electron chi connectivity index (χ1n) is 6.27. The molecule has 5 heteroatoms. The van der Waals surface area contributed by atoms with Crippen molar-refractivity contribution >= 4 is 17.7 Å². The minimum atomic E-state index is -0.459. The highest BCUT2D eigenvalue weighted by Crippen LogP contribution is 2.11. The van der Waals surface area contributed by atoms with Crippen LogP contribution in [0.15, 0.2) is 18.2 Å². The summed E-state index contributed by atoms with van der Waals surface area (Å²) < 4.78 is 13.2. The highest BCUT2D eigenvalue weighted by molar-refractivity contribution is 7.98. The van der Waals surface area contributed by atoms with Crippen molar-refractivity contribution in [2.24, 2.45) is 0 Å². The minimum absolute atomic E-state index is 0.0404. The fraction of sp³-hybridized carbons (Fsp3) is 0.400. The number of halogens is 1. The Bertz CT molecular complexity index is 522. The zero-order chi connectivity index (χ0) is 15.0. The molecule has 1 unspecified atom stereocenters. The largest absolute Gasteiger partial charge is 0.384 e. The van der Waals surface area contributed by atoms with Crippen molar-refractivity contribution in [3.63, 3.8) is 0 Å². The van der Waals surface area contributed by atoms with Gasteiger partial charge in [-0.15, -0.1) is 0 Å². The van der Waals surface area contributed by atoms with E-state index in [0.717, 1.165) is 12.2 Å². The van der Waals surface area contributed by atoms with Crippen LogP contribution in [0.4, 0.5) is 4.39 Å². The Kier molecular flexibility index (Phi) is 7.13. The lowest BCUT2D eigenvalue weighted by atomic mass is 10.1. The molecule has 1 atom stereocenters. The van der Waals surface area contributed by atoms with E-state index in [1.165, 1.54) is 18.2 Å². The van der Waals surface area contributed by atoms with E-state index in [2.05, 4.69) is 17.2 Å². The maximum atomic E-state index is 13.2. The summed E-state index contributed by atoms with van der Waals surface area (Å²) in [5, 5.41) is 11.6. The number of amides is 1. The van der Waals surface area contributed by atoms with Gasteiger partial charge >= 0.3 is 0 Å². The third kappa shape index (κ3) is 5.24. The van der Waals surface area contributed by atoms with E-state index in [-0.39, 0.29) is 24.1 Å². The molecule has 0 aliphatic heterocycles. The number of rotatable bonds is 5. The quantitative estimate of drug-likeness (QED) is 0.817. The molecule has 0 saturated heterocycles. The number of benzene rings is 1. The Morgan fingerprint density at radius 2 is 2.30 bits per heavy atom. The molecule has 1 rings (SSSR count). The molecule has 0 radical (unpaired) electrons. The van der Waals surface area contributed by atoms with Crippen molar-refractivity contribution in [2.45, 2.75) is 19.4 Å². The molecule has 0 spiro atoms. The highest BCUT2D eigenvalue weighted by Gasteiger charge is 2.13. The standard InChI is InChI=1S/C15H18FNO2S/c1-11(7-9-20-2)17-15(19)14-6-5-13(16)10-12(14)4-3-8-18/h5-6,10-11,18H,7-9H2,1-2H3,(H,17,19). The molecular weight excluding hydrogens is 277 g/mol. The van der Waals surface area contributed by atoms with Gasteiger partial charge in [0.15, 0.2) is 0 Å². The maximum Gasteiger partial charge on any atom is 0.252 e. The summed E-state index contributed by atoms with van der Waals surface area (Å²) in [6.45, 7) is 1.60. The second-order valence-electron chi connectivity index (χ2n) is 4.31. The summed E-state index contributed by atoms with van der Waals surface area (Å²) in [5.74, 6) is 5.25. The Balaban J connectivity index is 2.86. The van der Waals surface area contributed by atoms with E-state index in [1.54, 1.807) is 11.8 Å². The van der Waals surface area contributed by atoms with Gasteiger partial charge in [0.25, 0.3) is 5.91 Å². The monoisotopic (exact) mass is 295 g/mol. The van der Waals surface area contributed by atoms with E-state index >= 15 is 0 Å². The Morgan fingerprint density at radius 3 is 2.95 bits per heavy atom. The number of thioether (sulfide) groups is 1. The van der Waals surface area contributed by atoms with Gasteiger partial charge in [-0.25, -0.2) is 4.39 Å². The van der Waals surface area contributed by atoms with Crippen LogP contribution in [0.2, 0.25) is 0 Å². The molecule has 1 amide bonds. The van der Waals surface area contributed by atoms with E-state index in [1.807, 2.05) is 13.2 Å². The molecule has 2 N–H and O–H groups in total. The van der Waals surface area contributed by atoms with Crippen molar-refractivity contribution in [1.82, 2.24) is 5.32 Å². The van der Waals surface area contributed by atoms with E-state index in [9.17, 15) is 9.18 Å². The van der Waals surface area contributed by atoms with Crippen LogP contribution in [0.25, 0.3) is 0 Å². The van der Waals surface area contributed by atoms with Crippen LogP contribution in [-0.4, -0.2) is 35.7 Å². The van der Waals surface area contributed by atoms with Gasteiger partial charge in [0.1, 0.15) is 12.4 Å². The average Bonchev–Trinajstić information content (AvgIpc) is 2.42. The normalized spacial score (nSPS) is 11.4. The van der Waals surface area contributed by atoms with Crippen molar-refractivity contribution in [3.8, 4) is 11.8 Å². The Hall–Kier alpha value is -1.51. The van der Waals surface area contributed by atoms with Gasteiger partial charge in [-0.05, 0) is 43.6 Å². The van der Waals surface area contributed by atoms with E-state index < -0.39 is 5.82 Å². The second-order valence-corrected chi connectivity index (χ2v) is 5.29. The number of hydrogen-bond acceptors (Lipinski definition) is 3. The van der Waals surface area contributed by atoms with Gasteiger partial charge in [-0.2, -0.15) is 11.8 Å². The average molecular weight is 295 g/mol. The lowest BCUT2D eigenvalue weighted by molar-refractivity contribution is 0.0939. The molecule has 0 saturated carbocycles. The van der Waals surface area contributed by atoms with Gasteiger partial charge in [-0.3, -0.25) is 4.79 Å². The van der Waals surface area contributed by atoms with Crippen molar-refractivity contribution in [1.29, 1.82) is 0 Å². The summed E-state index contributed by atoms with van der Waals surface area (Å²) in [7, 11) is 0. The molecule has 0 aliphatic carbocycles. The second kappa shape index (κ2) is 8.62. The zero-order valence-corrected chi connectivity index (χ0v) is 12.4. The lowest BCUT2D eigenvalue weighted by Crippen LogP contribution is -2.33. The summed E-state index contributed by atoms with van der Waals surface area (Å²) in [6.07, 6.45) is 2.88. The maximum absolute atomic E-state index is 13.2. The number of nitrogens with one attached hydrogen (secondary N) is 1. The van der Waals surface area contributed by atoms with Crippen LogP contribution in [0.1, 0.15) is 29.3 Å². The van der Waals surface area contributed by atoms with Crippen molar-refractivity contribution in [2.75, 3.05) is 18.6 Å². The van der Waals surface area contributed by atoms with Crippen molar-refractivity contribution < 1.29 is 14.3 Å². The van der Waals surface area contributed by atoms with Crippen LogP contribution in [0, 0.1) is 17.7 Å².